The van der Waals surface area contributed by atoms with E-state index in [1.807, 2.05) is 6.07 Å². The number of allylic oxidation sites excluding steroid dienone is 4. The highest BCUT2D eigenvalue weighted by Crippen LogP contribution is 2.42. The van der Waals surface area contributed by atoms with Crippen molar-refractivity contribution >= 4 is 22.9 Å². The number of hydrogen-bond acceptors (Lipinski definition) is 1. The summed E-state index contributed by atoms with van der Waals surface area (Å²) in [6, 6.07) is 6.91. The number of hydrogen-bond donors (Lipinski definition) is 1. The predicted molar refractivity (Wildman–Crippen MR) is 97.5 cm³/mol. The summed E-state index contributed by atoms with van der Waals surface area (Å²) in [6.45, 7) is 6.73. The molecule has 3 rings (SSSR count). The zero-order valence-electron chi connectivity index (χ0n) is 13.9. The molecule has 0 aromatic heterocycles. The molecule has 118 valence electrons. The van der Waals surface area contributed by atoms with Gasteiger partial charge >= 0.3 is 0 Å². The monoisotopic (exact) mass is 315 g/mol. The number of halogens is 1. The summed E-state index contributed by atoms with van der Waals surface area (Å²) in [5, 5.41) is 4.62. The number of benzene rings is 1. The van der Waals surface area contributed by atoms with E-state index in [0.717, 1.165) is 11.4 Å². The first-order valence-electron chi connectivity index (χ1n) is 8.49. The second-order valence-corrected chi connectivity index (χ2v) is 7.34. The molecule has 0 spiro atoms. The van der Waals surface area contributed by atoms with Gasteiger partial charge in [-0.3, -0.25) is 0 Å². The van der Waals surface area contributed by atoms with E-state index < -0.39 is 0 Å². The lowest BCUT2D eigenvalue weighted by molar-refractivity contribution is 0.462. The molecule has 0 aliphatic heterocycles. The van der Waals surface area contributed by atoms with E-state index in [0.29, 0.717) is 6.04 Å². The number of anilines is 1. The Bertz CT molecular complexity index is 633. The second kappa shape index (κ2) is 6.50. The highest BCUT2D eigenvalue weighted by atomic mass is 35.5. The van der Waals surface area contributed by atoms with Crippen LogP contribution in [0.3, 0.4) is 0 Å². The smallest absolute Gasteiger partial charge is 0.0423 e. The van der Waals surface area contributed by atoms with Crippen LogP contribution in [0.1, 0.15) is 64.9 Å². The van der Waals surface area contributed by atoms with Crippen LogP contribution >= 0.6 is 11.6 Å². The third-order valence-corrected chi connectivity index (χ3v) is 5.42. The van der Waals surface area contributed by atoms with Crippen LogP contribution in [0.2, 0.25) is 5.02 Å². The van der Waals surface area contributed by atoms with Crippen molar-refractivity contribution in [1.29, 1.82) is 0 Å². The van der Waals surface area contributed by atoms with Gasteiger partial charge in [0, 0.05) is 22.3 Å². The second-order valence-electron chi connectivity index (χ2n) is 6.91. The molecule has 1 saturated carbocycles. The van der Waals surface area contributed by atoms with E-state index in [-0.39, 0.29) is 0 Å². The van der Waals surface area contributed by atoms with Crippen LogP contribution in [-0.4, -0.2) is 6.04 Å². The molecule has 1 nitrogen and oxygen atoms in total. The summed E-state index contributed by atoms with van der Waals surface area (Å²) in [7, 11) is 0. The molecule has 2 heteroatoms. The normalized spacial score (nSPS) is 20.0. The maximum atomic E-state index is 6.30. The first-order valence-corrected chi connectivity index (χ1v) is 8.87. The molecule has 0 heterocycles. The van der Waals surface area contributed by atoms with Gasteiger partial charge in [-0.15, -0.1) is 0 Å². The van der Waals surface area contributed by atoms with Crippen LogP contribution in [-0.2, 0) is 0 Å². The first kappa shape index (κ1) is 15.7. The molecule has 1 aromatic carbocycles. The summed E-state index contributed by atoms with van der Waals surface area (Å²) in [4.78, 5) is 0. The maximum Gasteiger partial charge on any atom is 0.0423 e. The third-order valence-electron chi connectivity index (χ3n) is 5.19. The highest BCUT2D eigenvalue weighted by molar-refractivity contribution is 6.31. The molecule has 0 bridgehead atoms. The van der Waals surface area contributed by atoms with Gasteiger partial charge in [-0.05, 0) is 69.4 Å². The van der Waals surface area contributed by atoms with Crippen LogP contribution in [0.4, 0.5) is 5.69 Å². The summed E-state index contributed by atoms with van der Waals surface area (Å²) in [6.07, 6.45) is 7.75. The van der Waals surface area contributed by atoms with Crippen molar-refractivity contribution < 1.29 is 0 Å². The molecule has 2 aliphatic rings. The Morgan fingerprint density at radius 3 is 2.36 bits per heavy atom. The fourth-order valence-corrected chi connectivity index (χ4v) is 4.07. The molecule has 1 N–H and O–H groups in total. The Balaban J connectivity index is 1.96. The Kier molecular flexibility index (Phi) is 4.63. The van der Waals surface area contributed by atoms with Gasteiger partial charge in [0.1, 0.15) is 0 Å². The fraction of sp³-hybridized carbons (Fsp3) is 0.500. The van der Waals surface area contributed by atoms with Gasteiger partial charge in [-0.25, -0.2) is 0 Å². The van der Waals surface area contributed by atoms with Crippen molar-refractivity contribution in [1.82, 2.24) is 0 Å². The summed E-state index contributed by atoms with van der Waals surface area (Å²) in [5.74, 6) is 0. The average molecular weight is 316 g/mol. The van der Waals surface area contributed by atoms with Crippen molar-refractivity contribution in [3.8, 4) is 0 Å². The molecule has 1 aromatic rings. The zero-order chi connectivity index (χ0) is 15.7. The number of nitrogens with one attached hydrogen (secondary N) is 1. The molecule has 0 radical (unpaired) electrons. The van der Waals surface area contributed by atoms with Gasteiger partial charge in [0.15, 0.2) is 0 Å². The van der Waals surface area contributed by atoms with Crippen LogP contribution in [0.5, 0.6) is 0 Å². The minimum atomic E-state index is 0.612. The summed E-state index contributed by atoms with van der Waals surface area (Å²) >= 11 is 6.30. The first-order chi connectivity index (χ1) is 10.6. The Morgan fingerprint density at radius 2 is 1.73 bits per heavy atom. The molecular formula is C20H26ClN. The molecule has 0 atom stereocenters. The molecule has 0 saturated heterocycles. The van der Waals surface area contributed by atoms with Gasteiger partial charge in [0.05, 0.1) is 0 Å². The lowest BCUT2D eigenvalue weighted by Gasteiger charge is -2.26. The lowest BCUT2D eigenvalue weighted by atomic mass is 9.93. The molecule has 2 aliphatic carbocycles. The quantitative estimate of drug-likeness (QED) is 0.662. The lowest BCUT2D eigenvalue weighted by Crippen LogP contribution is -2.22. The van der Waals surface area contributed by atoms with Crippen molar-refractivity contribution in [3.63, 3.8) is 0 Å². The van der Waals surface area contributed by atoms with Crippen molar-refractivity contribution in [3.05, 3.63) is 45.5 Å². The van der Waals surface area contributed by atoms with E-state index >= 15 is 0 Å². The average Bonchev–Trinajstić information content (AvgIpc) is 2.75. The third kappa shape index (κ3) is 3.10. The summed E-state index contributed by atoms with van der Waals surface area (Å²) < 4.78 is 0. The van der Waals surface area contributed by atoms with E-state index in [1.54, 1.807) is 0 Å². The topological polar surface area (TPSA) is 12.0 Å². The van der Waals surface area contributed by atoms with Crippen molar-refractivity contribution in [2.24, 2.45) is 0 Å². The predicted octanol–water partition coefficient (Wildman–Crippen LogP) is 6.60. The molecule has 0 unspecified atom stereocenters. The minimum Gasteiger partial charge on any atom is -0.382 e. The Morgan fingerprint density at radius 1 is 1.00 bits per heavy atom. The van der Waals surface area contributed by atoms with Crippen LogP contribution in [0, 0.1) is 0 Å². The van der Waals surface area contributed by atoms with Crippen LogP contribution < -0.4 is 5.32 Å². The highest BCUT2D eigenvalue weighted by Gasteiger charge is 2.22. The van der Waals surface area contributed by atoms with Gasteiger partial charge in [0.25, 0.3) is 0 Å². The van der Waals surface area contributed by atoms with Crippen molar-refractivity contribution in [2.45, 2.75) is 65.3 Å². The maximum absolute atomic E-state index is 6.30. The van der Waals surface area contributed by atoms with E-state index in [1.165, 1.54) is 65.6 Å². The van der Waals surface area contributed by atoms with Gasteiger partial charge in [-0.1, -0.05) is 42.0 Å². The van der Waals surface area contributed by atoms with Gasteiger partial charge in [-0.2, -0.15) is 0 Å². The number of rotatable bonds is 3. The molecular weight excluding hydrogens is 290 g/mol. The van der Waals surface area contributed by atoms with Crippen molar-refractivity contribution in [2.75, 3.05) is 5.32 Å². The molecule has 22 heavy (non-hydrogen) atoms. The molecule has 1 fully saturated rings. The Labute approximate surface area is 139 Å². The van der Waals surface area contributed by atoms with Gasteiger partial charge in [0.2, 0.25) is 0 Å². The van der Waals surface area contributed by atoms with Crippen LogP contribution in [0.25, 0.3) is 5.57 Å². The standard InChI is InChI=1S/C20H26ClN/c1-13-11-14(2)20(15(13)3)18-12-16(21)9-10-19(18)22-17-7-5-4-6-8-17/h9-10,12,17,22H,4-8,11H2,1-3H3. The SMILES string of the molecule is CC1=C(C)C(c2cc(Cl)ccc2NC2CCCCC2)=C(C)C1. The summed E-state index contributed by atoms with van der Waals surface area (Å²) in [5.41, 5.74) is 8.30. The van der Waals surface area contributed by atoms with Gasteiger partial charge < -0.3 is 5.32 Å². The zero-order valence-corrected chi connectivity index (χ0v) is 14.7. The minimum absolute atomic E-state index is 0.612. The largest absolute Gasteiger partial charge is 0.382 e. The van der Waals surface area contributed by atoms with E-state index in [9.17, 15) is 0 Å². The molecule has 0 amide bonds. The van der Waals surface area contributed by atoms with Crippen LogP contribution in [0.15, 0.2) is 34.9 Å². The Hall–Kier alpha value is -1.21. The fourth-order valence-electron chi connectivity index (χ4n) is 3.90. The van der Waals surface area contributed by atoms with E-state index in [2.05, 4.69) is 38.2 Å². The van der Waals surface area contributed by atoms with E-state index in [4.69, 9.17) is 11.6 Å².